The van der Waals surface area contributed by atoms with Crippen molar-refractivity contribution in [2.75, 3.05) is 73.7 Å². The van der Waals surface area contributed by atoms with E-state index in [2.05, 4.69) is 10.3 Å². The van der Waals surface area contributed by atoms with E-state index in [1.165, 1.54) is 33.5 Å². The summed E-state index contributed by atoms with van der Waals surface area (Å²) in [6, 6.07) is 19.7. The number of morpholine rings is 1. The molecule has 2 N–H and O–H groups in total. The van der Waals surface area contributed by atoms with Crippen molar-refractivity contribution in [1.82, 2.24) is 20.2 Å². The number of hydrazine groups is 1. The summed E-state index contributed by atoms with van der Waals surface area (Å²) in [6.45, 7) is 3.71. The standard InChI is InChI=1S/C39H47FN4O8/c1-49-31-23-27(24-32(50-2)34(31)51-3)35(45)43-20-14-38(26-43,28-9-11-30(40)12-10-28)13-17-42-18-15-39(16-19-42,29-7-5-4-6-8-29)37(48)41-44-21-22-52-33(25-44)36(46)47/h4-12,23-24,33H,13-22,25-26H2,1-3H3,(H,41,48)(H,46,47). The number of amides is 2. The molecule has 3 aliphatic heterocycles. The maximum absolute atomic E-state index is 14.1. The van der Waals surface area contributed by atoms with Crippen LogP contribution in [0.15, 0.2) is 66.7 Å². The fourth-order valence-electron chi connectivity index (χ4n) is 7.91. The van der Waals surface area contributed by atoms with Gasteiger partial charge < -0.3 is 33.9 Å². The summed E-state index contributed by atoms with van der Waals surface area (Å²) in [6.07, 6.45) is 1.58. The number of ether oxygens (including phenoxy) is 4. The predicted octanol–water partition coefficient (Wildman–Crippen LogP) is 3.88. The van der Waals surface area contributed by atoms with Crippen molar-refractivity contribution in [2.24, 2.45) is 0 Å². The van der Waals surface area contributed by atoms with Crippen LogP contribution >= 0.6 is 0 Å². The smallest absolute Gasteiger partial charge is 0.334 e. The Morgan fingerprint density at radius 2 is 1.56 bits per heavy atom. The second kappa shape index (κ2) is 15.9. The van der Waals surface area contributed by atoms with Crippen LogP contribution in [0.2, 0.25) is 0 Å². The van der Waals surface area contributed by atoms with Crippen molar-refractivity contribution >= 4 is 17.8 Å². The fourth-order valence-corrected chi connectivity index (χ4v) is 7.91. The average molecular weight is 719 g/mol. The lowest BCUT2D eigenvalue weighted by Gasteiger charge is -2.43. The molecular formula is C39H47FN4O8. The first-order chi connectivity index (χ1) is 25.1. The van der Waals surface area contributed by atoms with E-state index in [-0.39, 0.29) is 30.8 Å². The van der Waals surface area contributed by atoms with E-state index in [1.807, 2.05) is 47.4 Å². The number of halogens is 1. The van der Waals surface area contributed by atoms with Gasteiger partial charge in [-0.15, -0.1) is 0 Å². The van der Waals surface area contributed by atoms with Gasteiger partial charge in [-0.25, -0.2) is 14.2 Å². The van der Waals surface area contributed by atoms with Gasteiger partial charge in [0.15, 0.2) is 17.6 Å². The molecule has 3 saturated heterocycles. The molecule has 6 rings (SSSR count). The maximum Gasteiger partial charge on any atom is 0.334 e. The lowest BCUT2D eigenvalue weighted by atomic mass is 9.71. The summed E-state index contributed by atoms with van der Waals surface area (Å²) in [4.78, 5) is 43.8. The minimum atomic E-state index is -1.06. The lowest BCUT2D eigenvalue weighted by Crippen LogP contribution is -2.59. The Hall–Kier alpha value is -4.72. The van der Waals surface area contributed by atoms with Crippen LogP contribution in [0.1, 0.15) is 47.2 Å². The molecule has 0 bridgehead atoms. The highest BCUT2D eigenvalue weighted by Crippen LogP contribution is 2.42. The average Bonchev–Trinajstić information content (AvgIpc) is 3.62. The number of piperidine rings is 1. The molecule has 3 aromatic rings. The molecule has 0 aliphatic carbocycles. The SMILES string of the molecule is COc1cc(C(=O)N2CCC(CCN3CCC(C(=O)NN4CCOC(C(=O)O)C4)(c4ccccc4)CC3)(c3ccc(F)cc3)C2)cc(OC)c1OC. The summed E-state index contributed by atoms with van der Waals surface area (Å²) in [5.74, 6) is -0.475. The van der Waals surface area contributed by atoms with Gasteiger partial charge >= 0.3 is 5.97 Å². The molecule has 2 unspecified atom stereocenters. The van der Waals surface area contributed by atoms with E-state index >= 15 is 0 Å². The molecule has 0 aromatic heterocycles. The number of aliphatic carboxylic acids is 1. The monoisotopic (exact) mass is 718 g/mol. The van der Waals surface area contributed by atoms with Crippen molar-refractivity contribution in [1.29, 1.82) is 0 Å². The Morgan fingerprint density at radius 1 is 0.885 bits per heavy atom. The highest BCUT2D eigenvalue weighted by molar-refractivity contribution is 5.96. The number of hydrogen-bond acceptors (Lipinski definition) is 9. The zero-order chi connectivity index (χ0) is 36.9. The van der Waals surface area contributed by atoms with Crippen LogP contribution in [-0.2, 0) is 25.2 Å². The minimum Gasteiger partial charge on any atom is -0.493 e. The van der Waals surface area contributed by atoms with E-state index in [0.717, 1.165) is 24.1 Å². The van der Waals surface area contributed by atoms with Gasteiger partial charge in [0.1, 0.15) is 5.82 Å². The number of carboxylic acids is 1. The quantitative estimate of drug-likeness (QED) is 0.285. The number of methoxy groups -OCH3 is 3. The first kappa shape index (κ1) is 37.1. The molecule has 2 amide bonds. The molecule has 3 heterocycles. The van der Waals surface area contributed by atoms with Crippen LogP contribution in [0.3, 0.4) is 0 Å². The van der Waals surface area contributed by atoms with E-state index in [9.17, 15) is 23.9 Å². The maximum atomic E-state index is 14.1. The van der Waals surface area contributed by atoms with E-state index < -0.39 is 22.9 Å². The Morgan fingerprint density at radius 3 is 2.17 bits per heavy atom. The van der Waals surface area contributed by atoms with Gasteiger partial charge in [-0.3, -0.25) is 15.0 Å². The topological polar surface area (TPSA) is 130 Å². The third-order valence-corrected chi connectivity index (χ3v) is 11.0. The molecule has 0 radical (unpaired) electrons. The fraction of sp³-hybridized carbons (Fsp3) is 0.462. The zero-order valence-electron chi connectivity index (χ0n) is 29.9. The van der Waals surface area contributed by atoms with Crippen LogP contribution < -0.4 is 19.6 Å². The van der Waals surface area contributed by atoms with Crippen molar-refractivity contribution in [3.05, 3.63) is 89.2 Å². The molecule has 12 nitrogen and oxygen atoms in total. The second-order valence-corrected chi connectivity index (χ2v) is 13.8. The Bertz CT molecular complexity index is 1710. The lowest BCUT2D eigenvalue weighted by molar-refractivity contribution is -0.160. The number of likely N-dealkylation sites (tertiary alicyclic amines) is 2. The summed E-state index contributed by atoms with van der Waals surface area (Å²) >= 11 is 0. The summed E-state index contributed by atoms with van der Waals surface area (Å²) in [5, 5.41) is 11.1. The molecule has 0 saturated carbocycles. The first-order valence-corrected chi connectivity index (χ1v) is 17.6. The van der Waals surface area contributed by atoms with Crippen molar-refractivity contribution in [3.8, 4) is 17.2 Å². The van der Waals surface area contributed by atoms with Gasteiger partial charge in [-0.2, -0.15) is 0 Å². The minimum absolute atomic E-state index is 0.0720. The summed E-state index contributed by atoms with van der Waals surface area (Å²) in [7, 11) is 4.54. The number of hydrogen-bond donors (Lipinski definition) is 2. The third-order valence-electron chi connectivity index (χ3n) is 11.0. The molecule has 0 spiro atoms. The number of nitrogens with zero attached hydrogens (tertiary/aromatic N) is 3. The molecule has 278 valence electrons. The van der Waals surface area contributed by atoms with Gasteiger partial charge in [0.25, 0.3) is 5.91 Å². The second-order valence-electron chi connectivity index (χ2n) is 13.8. The Kier molecular flexibility index (Phi) is 11.3. The molecule has 2 atom stereocenters. The van der Waals surface area contributed by atoms with Crippen molar-refractivity contribution in [3.63, 3.8) is 0 Å². The van der Waals surface area contributed by atoms with Crippen LogP contribution in [0, 0.1) is 5.82 Å². The number of rotatable bonds is 12. The highest BCUT2D eigenvalue weighted by atomic mass is 19.1. The van der Waals surface area contributed by atoms with Gasteiger partial charge in [0, 0.05) is 30.6 Å². The Balaban J connectivity index is 1.17. The Labute approximate surface area is 303 Å². The number of carbonyl (C=O) groups excluding carboxylic acids is 2. The number of carboxylic acid groups (broad SMARTS) is 1. The van der Waals surface area contributed by atoms with E-state index in [1.54, 1.807) is 17.1 Å². The van der Waals surface area contributed by atoms with Gasteiger partial charge in [0.05, 0.1) is 39.9 Å². The molecule has 3 aromatic carbocycles. The van der Waals surface area contributed by atoms with Crippen molar-refractivity contribution in [2.45, 2.75) is 42.6 Å². The van der Waals surface area contributed by atoms with Crippen LogP contribution in [-0.4, -0.2) is 118 Å². The van der Waals surface area contributed by atoms with Gasteiger partial charge in [-0.1, -0.05) is 42.5 Å². The first-order valence-electron chi connectivity index (χ1n) is 17.6. The number of nitrogens with one attached hydrogen (secondary N) is 1. The number of carbonyl (C=O) groups is 3. The largest absolute Gasteiger partial charge is 0.493 e. The number of benzene rings is 3. The normalized spacial score (nSPS) is 22.1. The van der Waals surface area contributed by atoms with Crippen molar-refractivity contribution < 1.29 is 42.8 Å². The zero-order valence-corrected chi connectivity index (χ0v) is 29.9. The van der Waals surface area contributed by atoms with Crippen LogP contribution in [0.25, 0.3) is 0 Å². The molecular weight excluding hydrogens is 671 g/mol. The van der Waals surface area contributed by atoms with E-state index in [0.29, 0.717) is 74.8 Å². The predicted molar refractivity (Wildman–Crippen MR) is 190 cm³/mol. The third kappa shape index (κ3) is 7.57. The van der Waals surface area contributed by atoms with Gasteiger partial charge in [0.2, 0.25) is 11.7 Å². The van der Waals surface area contributed by atoms with Crippen LogP contribution in [0.4, 0.5) is 4.39 Å². The summed E-state index contributed by atoms with van der Waals surface area (Å²) in [5.41, 5.74) is 4.16. The summed E-state index contributed by atoms with van der Waals surface area (Å²) < 4.78 is 35.9. The molecule has 3 aliphatic rings. The molecule has 13 heteroatoms. The van der Waals surface area contributed by atoms with Crippen LogP contribution in [0.5, 0.6) is 17.2 Å². The molecule has 52 heavy (non-hydrogen) atoms. The van der Waals surface area contributed by atoms with Gasteiger partial charge in [-0.05, 0) is 80.7 Å². The van der Waals surface area contributed by atoms with E-state index in [4.69, 9.17) is 18.9 Å². The highest BCUT2D eigenvalue weighted by Gasteiger charge is 2.46. The molecule has 3 fully saturated rings.